The van der Waals surface area contributed by atoms with E-state index in [9.17, 15) is 4.79 Å². The van der Waals surface area contributed by atoms with Crippen molar-refractivity contribution in [2.45, 2.75) is 20.4 Å². The van der Waals surface area contributed by atoms with Crippen molar-refractivity contribution in [3.8, 4) is 0 Å². The van der Waals surface area contributed by atoms with Gasteiger partial charge in [0.05, 0.1) is 6.54 Å². The van der Waals surface area contributed by atoms with E-state index in [2.05, 4.69) is 10.5 Å². The molecule has 0 amide bonds. The molecule has 0 aliphatic heterocycles. The van der Waals surface area contributed by atoms with Crippen LogP contribution in [0.2, 0.25) is 0 Å². The Morgan fingerprint density at radius 2 is 2.36 bits per heavy atom. The van der Waals surface area contributed by atoms with Crippen LogP contribution >= 0.6 is 0 Å². The highest BCUT2D eigenvalue weighted by atomic mass is 16.4. The SMILES string of the molecule is CC(=O)C(=NO)NCc1ccc(C)o1. The molecule has 5 heteroatoms. The molecule has 0 saturated carbocycles. The summed E-state index contributed by atoms with van der Waals surface area (Å²) in [6, 6.07) is 3.61. The van der Waals surface area contributed by atoms with E-state index < -0.39 is 0 Å². The van der Waals surface area contributed by atoms with Gasteiger partial charge < -0.3 is 14.9 Å². The molecule has 0 unspecified atom stereocenters. The summed E-state index contributed by atoms with van der Waals surface area (Å²) in [6.45, 7) is 3.47. The molecule has 0 saturated heterocycles. The fraction of sp³-hybridized carbons (Fsp3) is 0.333. The average molecular weight is 196 g/mol. The molecule has 0 fully saturated rings. The molecule has 2 N–H and O–H groups in total. The molecule has 14 heavy (non-hydrogen) atoms. The summed E-state index contributed by atoms with van der Waals surface area (Å²) in [6.07, 6.45) is 0. The molecule has 0 bridgehead atoms. The van der Waals surface area contributed by atoms with Crippen molar-refractivity contribution in [1.29, 1.82) is 0 Å². The van der Waals surface area contributed by atoms with Gasteiger partial charge in [-0.1, -0.05) is 5.16 Å². The molecular weight excluding hydrogens is 184 g/mol. The molecule has 0 aromatic carbocycles. The lowest BCUT2D eigenvalue weighted by atomic mass is 10.4. The lowest BCUT2D eigenvalue weighted by molar-refractivity contribution is -0.111. The van der Waals surface area contributed by atoms with Crippen LogP contribution in [0.4, 0.5) is 0 Å². The summed E-state index contributed by atoms with van der Waals surface area (Å²) >= 11 is 0. The molecular formula is C9H12N2O3. The van der Waals surface area contributed by atoms with Crippen LogP contribution in [-0.4, -0.2) is 16.8 Å². The van der Waals surface area contributed by atoms with Gasteiger partial charge in [-0.15, -0.1) is 0 Å². The number of hydrogen-bond donors (Lipinski definition) is 2. The van der Waals surface area contributed by atoms with Gasteiger partial charge in [0.25, 0.3) is 0 Å². The molecule has 0 radical (unpaired) electrons. The van der Waals surface area contributed by atoms with E-state index >= 15 is 0 Å². The molecule has 1 aromatic rings. The van der Waals surface area contributed by atoms with Gasteiger partial charge >= 0.3 is 0 Å². The van der Waals surface area contributed by atoms with Crippen LogP contribution in [0.5, 0.6) is 0 Å². The highest BCUT2D eigenvalue weighted by molar-refractivity contribution is 6.37. The zero-order valence-electron chi connectivity index (χ0n) is 8.07. The predicted molar refractivity (Wildman–Crippen MR) is 50.2 cm³/mol. The van der Waals surface area contributed by atoms with Gasteiger partial charge in [0, 0.05) is 6.92 Å². The molecule has 5 nitrogen and oxygen atoms in total. The van der Waals surface area contributed by atoms with Gasteiger partial charge in [0.2, 0.25) is 5.84 Å². The molecule has 0 spiro atoms. The highest BCUT2D eigenvalue weighted by Gasteiger charge is 2.06. The molecule has 1 aromatic heterocycles. The van der Waals surface area contributed by atoms with Gasteiger partial charge in [-0.05, 0) is 19.1 Å². The summed E-state index contributed by atoms with van der Waals surface area (Å²) in [5, 5.41) is 13.9. The minimum absolute atomic E-state index is 0.0703. The Kier molecular flexibility index (Phi) is 3.28. The standard InChI is InChI=1S/C9H12N2O3/c1-6-3-4-8(14-6)5-10-9(11-13)7(2)12/h3-4,13H,5H2,1-2H3,(H,10,11). The quantitative estimate of drug-likeness (QED) is 0.328. The van der Waals surface area contributed by atoms with Crippen molar-refractivity contribution in [2.24, 2.45) is 5.16 Å². The molecule has 0 atom stereocenters. The first-order valence-electron chi connectivity index (χ1n) is 4.15. The van der Waals surface area contributed by atoms with E-state index in [-0.39, 0.29) is 11.6 Å². The average Bonchev–Trinajstić information content (AvgIpc) is 2.52. The van der Waals surface area contributed by atoms with Crippen molar-refractivity contribution in [3.05, 3.63) is 23.7 Å². The Morgan fingerprint density at radius 3 is 2.79 bits per heavy atom. The zero-order valence-corrected chi connectivity index (χ0v) is 8.07. The van der Waals surface area contributed by atoms with E-state index in [0.29, 0.717) is 12.3 Å². The van der Waals surface area contributed by atoms with Gasteiger partial charge in [0.15, 0.2) is 5.78 Å². The lowest BCUT2D eigenvalue weighted by Crippen LogP contribution is -2.28. The Balaban J connectivity index is 2.52. The maximum absolute atomic E-state index is 10.8. The third-order valence-corrected chi connectivity index (χ3v) is 1.66. The summed E-state index contributed by atoms with van der Waals surface area (Å²) in [5.41, 5.74) is 0. The molecule has 1 rings (SSSR count). The fourth-order valence-corrected chi connectivity index (χ4v) is 0.981. The van der Waals surface area contributed by atoms with Crippen LogP contribution in [0.3, 0.4) is 0 Å². The highest BCUT2D eigenvalue weighted by Crippen LogP contribution is 2.05. The Bertz CT molecular complexity index is 355. The normalized spacial score (nSPS) is 11.4. The van der Waals surface area contributed by atoms with Crippen molar-refractivity contribution in [1.82, 2.24) is 5.32 Å². The first kappa shape index (κ1) is 10.3. The Hall–Kier alpha value is -1.78. The maximum Gasteiger partial charge on any atom is 0.208 e. The second kappa shape index (κ2) is 4.45. The first-order chi connectivity index (χ1) is 6.63. The Morgan fingerprint density at radius 1 is 1.64 bits per heavy atom. The number of nitrogens with zero attached hydrogens (tertiary/aromatic N) is 1. The third-order valence-electron chi connectivity index (χ3n) is 1.66. The van der Waals surface area contributed by atoms with Crippen LogP contribution in [0.15, 0.2) is 21.7 Å². The minimum atomic E-state index is -0.323. The van der Waals surface area contributed by atoms with Gasteiger partial charge in [-0.2, -0.15) is 0 Å². The van der Waals surface area contributed by atoms with Crippen LogP contribution in [0, 0.1) is 6.92 Å². The monoisotopic (exact) mass is 196 g/mol. The van der Waals surface area contributed by atoms with Gasteiger partial charge in [-0.25, -0.2) is 0 Å². The number of hydrogen-bond acceptors (Lipinski definition) is 4. The third kappa shape index (κ3) is 2.62. The fourth-order valence-electron chi connectivity index (χ4n) is 0.981. The van der Waals surface area contributed by atoms with Crippen molar-refractivity contribution >= 4 is 11.6 Å². The number of nitrogens with one attached hydrogen (secondary N) is 1. The number of ketones is 1. The smallest absolute Gasteiger partial charge is 0.208 e. The Labute approximate surface area is 81.4 Å². The number of furan rings is 1. The number of rotatable bonds is 3. The number of Topliss-reactive ketones (excluding diaryl/α,β-unsaturated/α-hetero) is 1. The van der Waals surface area contributed by atoms with Gasteiger partial charge in [-0.3, -0.25) is 4.79 Å². The summed E-state index contributed by atoms with van der Waals surface area (Å²) in [4.78, 5) is 10.8. The maximum atomic E-state index is 10.8. The molecule has 0 aliphatic carbocycles. The van der Waals surface area contributed by atoms with Crippen molar-refractivity contribution in [3.63, 3.8) is 0 Å². The van der Waals surface area contributed by atoms with E-state index in [1.807, 2.05) is 13.0 Å². The number of amidine groups is 1. The van der Waals surface area contributed by atoms with Crippen molar-refractivity contribution in [2.75, 3.05) is 0 Å². The van der Waals surface area contributed by atoms with E-state index in [1.54, 1.807) is 6.07 Å². The summed E-state index contributed by atoms with van der Waals surface area (Å²) in [7, 11) is 0. The molecule has 76 valence electrons. The number of aryl methyl sites for hydroxylation is 1. The topological polar surface area (TPSA) is 74.8 Å². The second-order valence-corrected chi connectivity index (χ2v) is 2.87. The zero-order chi connectivity index (χ0) is 10.6. The first-order valence-corrected chi connectivity index (χ1v) is 4.15. The minimum Gasteiger partial charge on any atom is -0.465 e. The number of oxime groups is 1. The summed E-state index contributed by atoms with van der Waals surface area (Å²) < 4.78 is 5.25. The van der Waals surface area contributed by atoms with E-state index in [0.717, 1.165) is 5.76 Å². The van der Waals surface area contributed by atoms with Crippen LogP contribution < -0.4 is 5.32 Å². The van der Waals surface area contributed by atoms with Crippen LogP contribution in [0.25, 0.3) is 0 Å². The molecule has 1 heterocycles. The predicted octanol–water partition coefficient (Wildman–Crippen LogP) is 1.05. The molecule has 0 aliphatic rings. The van der Waals surface area contributed by atoms with Crippen LogP contribution in [0.1, 0.15) is 18.4 Å². The van der Waals surface area contributed by atoms with Crippen molar-refractivity contribution < 1.29 is 14.4 Å². The summed E-state index contributed by atoms with van der Waals surface area (Å²) in [5.74, 6) is 1.09. The number of carbonyl (C=O) groups is 1. The van der Waals surface area contributed by atoms with E-state index in [1.165, 1.54) is 6.92 Å². The van der Waals surface area contributed by atoms with Crippen LogP contribution in [-0.2, 0) is 11.3 Å². The second-order valence-electron chi connectivity index (χ2n) is 2.87. The van der Waals surface area contributed by atoms with Gasteiger partial charge in [0.1, 0.15) is 11.5 Å². The lowest BCUT2D eigenvalue weighted by Gasteiger charge is -2.01. The largest absolute Gasteiger partial charge is 0.465 e. The van der Waals surface area contributed by atoms with E-state index in [4.69, 9.17) is 9.62 Å². The number of carbonyl (C=O) groups excluding carboxylic acids is 1.